The quantitative estimate of drug-likeness (QED) is 0.309. The Morgan fingerprint density at radius 1 is 1.40 bits per heavy atom. The summed E-state index contributed by atoms with van der Waals surface area (Å²) in [5.41, 5.74) is -0.244. The summed E-state index contributed by atoms with van der Waals surface area (Å²) in [6.07, 6.45) is 4.20. The Bertz CT molecular complexity index is 280. The third-order valence-corrected chi connectivity index (χ3v) is 2.55. The van der Waals surface area contributed by atoms with Gasteiger partial charge in [0.05, 0.1) is 7.11 Å². The number of carbonyl (C=O) groups is 1. The first kappa shape index (κ1) is 11.9. The SMILES string of the molecule is C=C[C@H]1OO[C@H](/C=C/C(=O)OC)C1(C)C. The molecule has 0 aliphatic carbocycles. The predicted molar refractivity (Wildman–Crippen MR) is 54.9 cm³/mol. The molecule has 4 nitrogen and oxygen atoms in total. The molecule has 0 N–H and O–H groups in total. The summed E-state index contributed by atoms with van der Waals surface area (Å²) >= 11 is 0. The molecule has 1 aliphatic heterocycles. The molecule has 0 saturated carbocycles. The van der Waals surface area contributed by atoms with Crippen molar-refractivity contribution in [1.82, 2.24) is 0 Å². The molecule has 0 aromatic rings. The van der Waals surface area contributed by atoms with Gasteiger partial charge in [-0.05, 0) is 6.08 Å². The maximum atomic E-state index is 10.9. The van der Waals surface area contributed by atoms with Gasteiger partial charge in [0.15, 0.2) is 0 Å². The third-order valence-electron chi connectivity index (χ3n) is 2.55. The maximum Gasteiger partial charge on any atom is 0.330 e. The summed E-state index contributed by atoms with van der Waals surface area (Å²) in [5, 5.41) is 0. The second-order valence-electron chi connectivity index (χ2n) is 3.97. The van der Waals surface area contributed by atoms with Crippen LogP contribution in [0.1, 0.15) is 13.8 Å². The number of methoxy groups -OCH3 is 1. The fraction of sp³-hybridized carbons (Fsp3) is 0.545. The van der Waals surface area contributed by atoms with Crippen molar-refractivity contribution in [2.24, 2.45) is 5.41 Å². The lowest BCUT2D eigenvalue weighted by Crippen LogP contribution is -2.31. The van der Waals surface area contributed by atoms with Gasteiger partial charge in [-0.15, -0.1) is 6.58 Å². The van der Waals surface area contributed by atoms with Gasteiger partial charge in [0.2, 0.25) is 0 Å². The van der Waals surface area contributed by atoms with Gasteiger partial charge in [-0.2, -0.15) is 0 Å². The van der Waals surface area contributed by atoms with E-state index in [1.165, 1.54) is 13.2 Å². The number of carbonyl (C=O) groups excluding carboxylic acids is 1. The first-order valence-electron chi connectivity index (χ1n) is 4.73. The van der Waals surface area contributed by atoms with Gasteiger partial charge < -0.3 is 4.74 Å². The normalized spacial score (nSPS) is 29.3. The topological polar surface area (TPSA) is 44.8 Å². The Morgan fingerprint density at radius 2 is 2.00 bits per heavy atom. The molecule has 4 heteroatoms. The summed E-state index contributed by atoms with van der Waals surface area (Å²) in [7, 11) is 1.33. The van der Waals surface area contributed by atoms with E-state index in [0.717, 1.165) is 0 Å². The highest BCUT2D eigenvalue weighted by atomic mass is 17.2. The zero-order valence-electron chi connectivity index (χ0n) is 9.23. The van der Waals surface area contributed by atoms with Gasteiger partial charge >= 0.3 is 5.97 Å². The molecule has 1 fully saturated rings. The van der Waals surface area contributed by atoms with Gasteiger partial charge in [0, 0.05) is 11.5 Å². The maximum absolute atomic E-state index is 10.9. The van der Waals surface area contributed by atoms with Gasteiger partial charge in [-0.3, -0.25) is 0 Å². The lowest BCUT2D eigenvalue weighted by molar-refractivity contribution is -0.280. The molecule has 0 bridgehead atoms. The van der Waals surface area contributed by atoms with Crippen molar-refractivity contribution in [1.29, 1.82) is 0 Å². The Kier molecular flexibility index (Phi) is 3.66. The predicted octanol–water partition coefficient (Wildman–Crippen LogP) is 1.63. The lowest BCUT2D eigenvalue weighted by atomic mass is 9.81. The summed E-state index contributed by atoms with van der Waals surface area (Å²) in [6.45, 7) is 7.63. The van der Waals surface area contributed by atoms with Crippen LogP contribution in [0.2, 0.25) is 0 Å². The van der Waals surface area contributed by atoms with Crippen LogP contribution >= 0.6 is 0 Å². The van der Waals surface area contributed by atoms with Crippen molar-refractivity contribution in [3.05, 3.63) is 24.8 Å². The minimum absolute atomic E-state index is 0.176. The van der Waals surface area contributed by atoms with Crippen LogP contribution in [0.3, 0.4) is 0 Å². The molecule has 1 heterocycles. The molecule has 2 atom stereocenters. The number of hydrogen-bond donors (Lipinski definition) is 0. The molecule has 0 spiro atoms. The van der Waals surface area contributed by atoms with Gasteiger partial charge in [0.25, 0.3) is 0 Å². The molecule has 1 aliphatic rings. The number of ether oxygens (including phenoxy) is 1. The summed E-state index contributed by atoms with van der Waals surface area (Å²) in [6, 6.07) is 0. The Morgan fingerprint density at radius 3 is 2.47 bits per heavy atom. The standard InChI is InChI=1S/C11H16O4/c1-5-8-11(2,3)9(15-14-8)6-7-10(12)13-4/h5-9H,1H2,2-4H3/b7-6+/t8-,9-/m1/s1. The average Bonchev–Trinajstić information content (AvgIpc) is 2.49. The van der Waals surface area contributed by atoms with Crippen LogP contribution in [0.15, 0.2) is 24.8 Å². The fourth-order valence-corrected chi connectivity index (χ4v) is 1.39. The molecule has 1 saturated heterocycles. The lowest BCUT2D eigenvalue weighted by Gasteiger charge is -2.23. The first-order chi connectivity index (χ1) is 7.02. The monoisotopic (exact) mass is 212 g/mol. The Balaban J connectivity index is 2.69. The van der Waals surface area contributed by atoms with Crippen molar-refractivity contribution in [2.75, 3.05) is 7.11 Å². The zero-order chi connectivity index (χ0) is 11.5. The molecule has 0 aromatic carbocycles. The molecular formula is C11H16O4. The first-order valence-corrected chi connectivity index (χ1v) is 4.73. The van der Waals surface area contributed by atoms with Crippen LogP contribution in [0, 0.1) is 5.41 Å². The van der Waals surface area contributed by atoms with Crippen molar-refractivity contribution in [3.63, 3.8) is 0 Å². The highest BCUT2D eigenvalue weighted by Gasteiger charge is 2.43. The van der Waals surface area contributed by atoms with Crippen molar-refractivity contribution in [3.8, 4) is 0 Å². The van der Waals surface area contributed by atoms with Crippen molar-refractivity contribution >= 4 is 5.97 Å². The molecule has 15 heavy (non-hydrogen) atoms. The van der Waals surface area contributed by atoms with Gasteiger partial charge in [-0.25, -0.2) is 14.6 Å². The molecular weight excluding hydrogens is 196 g/mol. The van der Waals surface area contributed by atoms with E-state index < -0.39 is 5.97 Å². The van der Waals surface area contributed by atoms with Crippen LogP contribution < -0.4 is 0 Å². The molecule has 0 amide bonds. The summed E-state index contributed by atoms with van der Waals surface area (Å²) in [4.78, 5) is 21.1. The average molecular weight is 212 g/mol. The van der Waals surface area contributed by atoms with Crippen molar-refractivity contribution in [2.45, 2.75) is 26.1 Å². The van der Waals surface area contributed by atoms with Gasteiger partial charge in [-0.1, -0.05) is 19.9 Å². The van der Waals surface area contributed by atoms with E-state index in [1.807, 2.05) is 13.8 Å². The van der Waals surface area contributed by atoms with E-state index in [0.29, 0.717) is 0 Å². The van der Waals surface area contributed by atoms with Crippen LogP contribution in [0.5, 0.6) is 0 Å². The smallest absolute Gasteiger partial charge is 0.330 e. The highest BCUT2D eigenvalue weighted by molar-refractivity contribution is 5.81. The Labute approximate surface area is 89.4 Å². The summed E-state index contributed by atoms with van der Waals surface area (Å²) in [5.74, 6) is -0.406. The molecule has 0 radical (unpaired) electrons. The molecule has 1 rings (SSSR count). The van der Waals surface area contributed by atoms with E-state index in [-0.39, 0.29) is 17.6 Å². The third kappa shape index (κ3) is 2.46. The number of rotatable bonds is 3. The largest absolute Gasteiger partial charge is 0.466 e. The second kappa shape index (κ2) is 4.59. The van der Waals surface area contributed by atoms with Crippen LogP contribution in [-0.2, 0) is 19.3 Å². The fourth-order valence-electron chi connectivity index (χ4n) is 1.39. The van der Waals surface area contributed by atoms with Gasteiger partial charge in [0.1, 0.15) is 12.2 Å². The minimum atomic E-state index is -0.406. The number of esters is 1. The molecule has 0 unspecified atom stereocenters. The van der Waals surface area contributed by atoms with E-state index in [4.69, 9.17) is 9.78 Å². The number of hydrogen-bond acceptors (Lipinski definition) is 4. The molecule has 0 aromatic heterocycles. The van der Waals surface area contributed by atoms with Crippen molar-refractivity contribution < 1.29 is 19.3 Å². The van der Waals surface area contributed by atoms with Crippen LogP contribution in [0.25, 0.3) is 0 Å². The van der Waals surface area contributed by atoms with E-state index in [1.54, 1.807) is 12.2 Å². The molecule has 84 valence electrons. The summed E-state index contributed by atoms with van der Waals surface area (Å²) < 4.78 is 4.49. The zero-order valence-corrected chi connectivity index (χ0v) is 9.23. The highest BCUT2D eigenvalue weighted by Crippen LogP contribution is 2.37. The Hall–Kier alpha value is -1.13. The minimum Gasteiger partial charge on any atom is -0.466 e. The second-order valence-corrected chi connectivity index (χ2v) is 3.97. The van der Waals surface area contributed by atoms with E-state index in [2.05, 4.69) is 11.3 Å². The van der Waals surface area contributed by atoms with E-state index in [9.17, 15) is 4.79 Å². The van der Waals surface area contributed by atoms with E-state index >= 15 is 0 Å². The van der Waals surface area contributed by atoms with Crippen LogP contribution in [0.4, 0.5) is 0 Å². The van der Waals surface area contributed by atoms with Crippen LogP contribution in [-0.4, -0.2) is 25.3 Å².